The summed E-state index contributed by atoms with van der Waals surface area (Å²) in [5.74, 6) is 0.318. The normalized spacial score (nSPS) is 20.0. The standard InChI is InChI=1S/C18H23N5O3S/c1-25-17(24)15-9-21-16(10-20-15)23-4-2-18(3-5-23)12-22(6-7-26-18)11-14-8-19-13-27-14/h8-10,13H,2-7,11-12H2,1H3. The lowest BCUT2D eigenvalue weighted by Crippen LogP contribution is -2.56. The molecule has 2 aromatic heterocycles. The van der Waals surface area contributed by atoms with E-state index >= 15 is 0 Å². The average Bonchev–Trinajstić information content (AvgIpc) is 3.21. The van der Waals surface area contributed by atoms with Crippen molar-refractivity contribution in [1.82, 2.24) is 19.9 Å². The molecule has 4 rings (SSSR count). The Morgan fingerprint density at radius 2 is 2.11 bits per heavy atom. The Bertz CT molecular complexity index is 760. The van der Waals surface area contributed by atoms with E-state index in [1.54, 1.807) is 17.5 Å². The van der Waals surface area contributed by atoms with E-state index in [1.165, 1.54) is 18.2 Å². The van der Waals surface area contributed by atoms with Crippen LogP contribution in [0.1, 0.15) is 28.2 Å². The molecular formula is C18H23N5O3S. The van der Waals surface area contributed by atoms with E-state index in [4.69, 9.17) is 4.74 Å². The number of morpholine rings is 1. The van der Waals surface area contributed by atoms with Gasteiger partial charge in [0.2, 0.25) is 0 Å². The van der Waals surface area contributed by atoms with Crippen LogP contribution in [-0.2, 0) is 16.0 Å². The molecule has 0 radical (unpaired) electrons. The molecule has 0 aliphatic carbocycles. The molecule has 2 fully saturated rings. The van der Waals surface area contributed by atoms with Crippen molar-refractivity contribution in [3.05, 3.63) is 34.7 Å². The lowest BCUT2D eigenvalue weighted by molar-refractivity contribution is -0.122. The SMILES string of the molecule is COC(=O)c1cnc(N2CCC3(CC2)CN(Cc2cncs2)CCO3)cn1. The van der Waals surface area contributed by atoms with Crippen molar-refractivity contribution in [3.8, 4) is 0 Å². The molecule has 0 unspecified atom stereocenters. The maximum atomic E-state index is 11.5. The predicted molar refractivity (Wildman–Crippen MR) is 101 cm³/mol. The Labute approximate surface area is 162 Å². The molecule has 0 aromatic carbocycles. The van der Waals surface area contributed by atoms with E-state index in [9.17, 15) is 4.79 Å². The van der Waals surface area contributed by atoms with Crippen LogP contribution in [0.4, 0.5) is 5.82 Å². The third-order valence-corrected chi connectivity index (χ3v) is 5.99. The molecule has 0 bridgehead atoms. The second-order valence-electron chi connectivity index (χ2n) is 6.95. The molecular weight excluding hydrogens is 366 g/mol. The number of nitrogens with zero attached hydrogens (tertiary/aromatic N) is 5. The van der Waals surface area contributed by atoms with Crippen LogP contribution in [0.2, 0.25) is 0 Å². The number of rotatable bonds is 4. The van der Waals surface area contributed by atoms with E-state index < -0.39 is 5.97 Å². The van der Waals surface area contributed by atoms with Gasteiger partial charge in [-0.1, -0.05) is 0 Å². The van der Waals surface area contributed by atoms with Crippen LogP contribution in [0.25, 0.3) is 0 Å². The smallest absolute Gasteiger partial charge is 0.358 e. The molecule has 0 amide bonds. The van der Waals surface area contributed by atoms with E-state index in [1.807, 2.05) is 11.7 Å². The van der Waals surface area contributed by atoms with Crippen LogP contribution in [0, 0.1) is 0 Å². The van der Waals surface area contributed by atoms with Crippen molar-refractivity contribution >= 4 is 23.1 Å². The number of thiazole rings is 1. The second-order valence-corrected chi connectivity index (χ2v) is 7.92. The van der Waals surface area contributed by atoms with Gasteiger partial charge in [-0.2, -0.15) is 0 Å². The van der Waals surface area contributed by atoms with Gasteiger partial charge in [-0.3, -0.25) is 9.88 Å². The van der Waals surface area contributed by atoms with Gasteiger partial charge < -0.3 is 14.4 Å². The molecule has 9 heteroatoms. The summed E-state index contributed by atoms with van der Waals surface area (Å²) in [5, 5.41) is 0. The number of hydrogen-bond acceptors (Lipinski definition) is 9. The van der Waals surface area contributed by atoms with Gasteiger partial charge in [-0.25, -0.2) is 14.8 Å². The van der Waals surface area contributed by atoms with Crippen LogP contribution in [0.5, 0.6) is 0 Å². The van der Waals surface area contributed by atoms with Crippen molar-refractivity contribution in [2.45, 2.75) is 25.0 Å². The van der Waals surface area contributed by atoms with Crippen LogP contribution >= 0.6 is 11.3 Å². The zero-order valence-corrected chi connectivity index (χ0v) is 16.2. The minimum atomic E-state index is -0.469. The van der Waals surface area contributed by atoms with Crippen molar-refractivity contribution in [1.29, 1.82) is 0 Å². The lowest BCUT2D eigenvalue weighted by Gasteiger charge is -2.47. The number of methoxy groups -OCH3 is 1. The molecule has 0 saturated carbocycles. The van der Waals surface area contributed by atoms with E-state index in [0.29, 0.717) is 0 Å². The molecule has 8 nitrogen and oxygen atoms in total. The lowest BCUT2D eigenvalue weighted by atomic mass is 9.89. The maximum absolute atomic E-state index is 11.5. The monoisotopic (exact) mass is 389 g/mol. The minimum absolute atomic E-state index is 0.0845. The number of aromatic nitrogens is 3. The van der Waals surface area contributed by atoms with E-state index in [-0.39, 0.29) is 11.3 Å². The van der Waals surface area contributed by atoms with Crippen LogP contribution in [0.3, 0.4) is 0 Å². The Kier molecular flexibility index (Phi) is 5.33. The summed E-state index contributed by atoms with van der Waals surface area (Å²) in [4.78, 5) is 30.2. The molecule has 27 heavy (non-hydrogen) atoms. The highest BCUT2D eigenvalue weighted by molar-refractivity contribution is 7.09. The minimum Gasteiger partial charge on any atom is -0.464 e. The number of esters is 1. The summed E-state index contributed by atoms with van der Waals surface area (Å²) in [7, 11) is 1.34. The van der Waals surface area contributed by atoms with E-state index in [2.05, 4.69) is 29.5 Å². The zero-order chi connectivity index (χ0) is 18.7. The van der Waals surface area contributed by atoms with E-state index in [0.717, 1.165) is 58.0 Å². The Hall–Kier alpha value is -2.10. The first-order valence-electron chi connectivity index (χ1n) is 9.06. The van der Waals surface area contributed by atoms with Crippen LogP contribution in [-0.4, -0.2) is 71.3 Å². The third-order valence-electron chi connectivity index (χ3n) is 5.22. The van der Waals surface area contributed by atoms with Gasteiger partial charge in [0, 0.05) is 43.8 Å². The summed E-state index contributed by atoms with van der Waals surface area (Å²) in [6, 6.07) is 0. The second kappa shape index (κ2) is 7.87. The molecule has 2 aliphatic heterocycles. The summed E-state index contributed by atoms with van der Waals surface area (Å²) in [6.07, 6.45) is 6.97. The number of hydrogen-bond donors (Lipinski definition) is 0. The van der Waals surface area contributed by atoms with Gasteiger partial charge >= 0.3 is 5.97 Å². The van der Waals surface area contributed by atoms with Gasteiger partial charge in [0.15, 0.2) is 5.69 Å². The zero-order valence-electron chi connectivity index (χ0n) is 15.3. The molecule has 2 aromatic rings. The topological polar surface area (TPSA) is 80.7 Å². The number of carbonyl (C=O) groups excluding carboxylic acids is 1. The first-order chi connectivity index (χ1) is 13.2. The first kappa shape index (κ1) is 18.3. The number of piperidine rings is 1. The summed E-state index contributed by atoms with van der Waals surface area (Å²) >= 11 is 1.70. The molecule has 4 heterocycles. The highest BCUT2D eigenvalue weighted by atomic mass is 32.1. The molecule has 2 saturated heterocycles. The van der Waals surface area contributed by atoms with Crippen molar-refractivity contribution < 1.29 is 14.3 Å². The largest absolute Gasteiger partial charge is 0.464 e. The third kappa shape index (κ3) is 4.10. The number of carbonyl (C=O) groups is 1. The molecule has 0 atom stereocenters. The fourth-order valence-electron chi connectivity index (χ4n) is 3.74. The summed E-state index contributed by atoms with van der Waals surface area (Å²) in [5.41, 5.74) is 2.03. The van der Waals surface area contributed by atoms with Crippen molar-refractivity contribution in [2.24, 2.45) is 0 Å². The first-order valence-corrected chi connectivity index (χ1v) is 9.94. The van der Waals surface area contributed by atoms with Crippen molar-refractivity contribution in [2.75, 3.05) is 44.8 Å². The highest BCUT2D eigenvalue weighted by Crippen LogP contribution is 2.32. The fraction of sp³-hybridized carbons (Fsp3) is 0.556. The molecule has 0 N–H and O–H groups in total. The maximum Gasteiger partial charge on any atom is 0.358 e. The Morgan fingerprint density at radius 1 is 1.26 bits per heavy atom. The summed E-state index contributed by atoms with van der Waals surface area (Å²) in [6.45, 7) is 5.35. The predicted octanol–water partition coefficient (Wildman–Crippen LogP) is 1.59. The molecule has 2 aliphatic rings. The number of ether oxygens (including phenoxy) is 2. The van der Waals surface area contributed by atoms with Gasteiger partial charge in [0.05, 0.1) is 37.2 Å². The number of anilines is 1. The van der Waals surface area contributed by atoms with Crippen molar-refractivity contribution in [3.63, 3.8) is 0 Å². The fourth-order valence-corrected chi connectivity index (χ4v) is 4.38. The van der Waals surface area contributed by atoms with Gasteiger partial charge in [0.25, 0.3) is 0 Å². The summed E-state index contributed by atoms with van der Waals surface area (Å²) < 4.78 is 10.9. The average molecular weight is 389 g/mol. The highest BCUT2D eigenvalue weighted by Gasteiger charge is 2.40. The van der Waals surface area contributed by atoms with Gasteiger partial charge in [-0.15, -0.1) is 11.3 Å². The molecule has 1 spiro atoms. The molecule has 144 valence electrons. The van der Waals surface area contributed by atoms with Gasteiger partial charge in [-0.05, 0) is 12.8 Å². The Balaban J connectivity index is 1.35. The van der Waals surface area contributed by atoms with Gasteiger partial charge in [0.1, 0.15) is 5.82 Å². The van der Waals surface area contributed by atoms with Crippen LogP contribution in [0.15, 0.2) is 24.1 Å². The van der Waals surface area contributed by atoms with Crippen LogP contribution < -0.4 is 4.90 Å². The Morgan fingerprint density at radius 3 is 2.78 bits per heavy atom. The quantitative estimate of drug-likeness (QED) is 0.730.